The predicted molar refractivity (Wildman–Crippen MR) is 106 cm³/mol. The normalized spacial score (nSPS) is 22.9. The van der Waals surface area contributed by atoms with Crippen LogP contribution >= 0.6 is 23.2 Å². The SMILES string of the molecule is O=C(CNc1ccc(Cl)cc1Cl)N(C1CCCCC1)C1CCS(=O)(=O)C1. The van der Waals surface area contributed by atoms with Crippen LogP contribution in [0.5, 0.6) is 0 Å². The van der Waals surface area contributed by atoms with Crippen molar-refractivity contribution in [2.75, 3.05) is 23.4 Å². The van der Waals surface area contributed by atoms with Crippen molar-refractivity contribution in [3.8, 4) is 0 Å². The summed E-state index contributed by atoms with van der Waals surface area (Å²) in [4.78, 5) is 14.8. The predicted octanol–water partition coefficient (Wildman–Crippen LogP) is 3.75. The third-order valence-electron chi connectivity index (χ3n) is 5.22. The number of benzene rings is 1. The van der Waals surface area contributed by atoms with Crippen molar-refractivity contribution in [3.63, 3.8) is 0 Å². The summed E-state index contributed by atoms with van der Waals surface area (Å²) < 4.78 is 23.8. The molecule has 2 fully saturated rings. The first kappa shape index (κ1) is 19.8. The Morgan fingerprint density at radius 2 is 1.85 bits per heavy atom. The number of nitrogens with zero attached hydrogens (tertiary/aromatic N) is 1. The van der Waals surface area contributed by atoms with Crippen LogP contribution in [0.2, 0.25) is 10.0 Å². The molecule has 0 bridgehead atoms. The van der Waals surface area contributed by atoms with Gasteiger partial charge < -0.3 is 10.2 Å². The van der Waals surface area contributed by atoms with E-state index in [1.165, 1.54) is 6.42 Å². The van der Waals surface area contributed by atoms with Gasteiger partial charge in [0.25, 0.3) is 0 Å². The summed E-state index contributed by atoms with van der Waals surface area (Å²) in [5.41, 5.74) is 0.645. The molecule has 1 aromatic rings. The Kier molecular flexibility index (Phi) is 6.36. The zero-order valence-corrected chi connectivity index (χ0v) is 16.9. The first-order valence-corrected chi connectivity index (χ1v) is 11.6. The highest BCUT2D eigenvalue weighted by molar-refractivity contribution is 7.91. The number of sulfone groups is 1. The van der Waals surface area contributed by atoms with Crippen LogP contribution in [0, 0.1) is 0 Å². The lowest BCUT2D eigenvalue weighted by molar-refractivity contribution is -0.134. The van der Waals surface area contributed by atoms with Gasteiger partial charge in [0.2, 0.25) is 5.91 Å². The van der Waals surface area contributed by atoms with E-state index in [4.69, 9.17) is 23.2 Å². The highest BCUT2D eigenvalue weighted by atomic mass is 35.5. The molecule has 26 heavy (non-hydrogen) atoms. The summed E-state index contributed by atoms with van der Waals surface area (Å²) >= 11 is 12.1. The molecule has 0 radical (unpaired) electrons. The van der Waals surface area contributed by atoms with Crippen LogP contribution < -0.4 is 5.32 Å². The van der Waals surface area contributed by atoms with Crippen molar-refractivity contribution < 1.29 is 13.2 Å². The molecule has 1 aliphatic carbocycles. The van der Waals surface area contributed by atoms with Gasteiger partial charge in [-0.25, -0.2) is 8.42 Å². The van der Waals surface area contributed by atoms with Gasteiger partial charge in [-0.05, 0) is 37.5 Å². The maximum atomic E-state index is 13.0. The van der Waals surface area contributed by atoms with E-state index in [2.05, 4.69) is 5.32 Å². The second kappa shape index (κ2) is 8.36. The monoisotopic (exact) mass is 418 g/mol. The molecule has 1 aromatic carbocycles. The second-order valence-corrected chi connectivity index (χ2v) is 10.2. The summed E-state index contributed by atoms with van der Waals surface area (Å²) in [7, 11) is -3.04. The van der Waals surface area contributed by atoms with Gasteiger partial charge in [-0.3, -0.25) is 4.79 Å². The molecule has 1 amide bonds. The van der Waals surface area contributed by atoms with Gasteiger partial charge in [0.15, 0.2) is 9.84 Å². The number of hydrogen-bond donors (Lipinski definition) is 1. The molecule has 144 valence electrons. The number of amides is 1. The maximum Gasteiger partial charge on any atom is 0.242 e. The molecule has 1 unspecified atom stereocenters. The molecule has 1 saturated carbocycles. The lowest BCUT2D eigenvalue weighted by Gasteiger charge is -2.38. The number of rotatable bonds is 5. The molecule has 8 heteroatoms. The zero-order chi connectivity index (χ0) is 18.7. The van der Waals surface area contributed by atoms with Crippen LogP contribution in [0.3, 0.4) is 0 Å². The molecule has 1 saturated heterocycles. The minimum Gasteiger partial charge on any atom is -0.375 e. The van der Waals surface area contributed by atoms with Crippen molar-refractivity contribution >= 4 is 44.6 Å². The number of anilines is 1. The Morgan fingerprint density at radius 3 is 2.46 bits per heavy atom. The topological polar surface area (TPSA) is 66.5 Å². The quantitative estimate of drug-likeness (QED) is 0.790. The first-order valence-electron chi connectivity index (χ1n) is 9.06. The first-order chi connectivity index (χ1) is 12.4. The third kappa shape index (κ3) is 4.84. The summed E-state index contributed by atoms with van der Waals surface area (Å²) in [6.45, 7) is 0.0917. The fourth-order valence-corrected chi connectivity index (χ4v) is 6.14. The Balaban J connectivity index is 1.71. The average Bonchev–Trinajstić information content (AvgIpc) is 2.95. The zero-order valence-electron chi connectivity index (χ0n) is 14.6. The summed E-state index contributed by atoms with van der Waals surface area (Å²) in [6.07, 6.45) is 5.79. The van der Waals surface area contributed by atoms with Crippen LogP contribution in [-0.4, -0.2) is 49.4 Å². The Hall–Kier alpha value is -0.980. The molecule has 1 heterocycles. The van der Waals surface area contributed by atoms with Gasteiger partial charge in [-0.15, -0.1) is 0 Å². The molecule has 5 nitrogen and oxygen atoms in total. The Morgan fingerprint density at radius 1 is 1.12 bits per heavy atom. The fourth-order valence-electron chi connectivity index (χ4n) is 3.95. The largest absolute Gasteiger partial charge is 0.375 e. The third-order valence-corrected chi connectivity index (χ3v) is 7.52. The van der Waals surface area contributed by atoms with Crippen molar-refractivity contribution in [1.29, 1.82) is 0 Å². The van der Waals surface area contributed by atoms with E-state index in [0.717, 1.165) is 25.7 Å². The second-order valence-electron chi connectivity index (χ2n) is 7.13. The van der Waals surface area contributed by atoms with Crippen LogP contribution in [0.4, 0.5) is 5.69 Å². The van der Waals surface area contributed by atoms with E-state index in [1.807, 2.05) is 4.90 Å². The average molecular weight is 419 g/mol. The van der Waals surface area contributed by atoms with Gasteiger partial charge >= 0.3 is 0 Å². The van der Waals surface area contributed by atoms with Crippen LogP contribution in [-0.2, 0) is 14.6 Å². The van der Waals surface area contributed by atoms with E-state index in [0.29, 0.717) is 22.2 Å². The van der Waals surface area contributed by atoms with Gasteiger partial charge in [0.1, 0.15) is 0 Å². The maximum absolute atomic E-state index is 13.0. The molecule has 2 aliphatic rings. The number of nitrogens with one attached hydrogen (secondary N) is 1. The molecule has 0 spiro atoms. The van der Waals surface area contributed by atoms with E-state index < -0.39 is 9.84 Å². The number of carbonyl (C=O) groups excluding carboxylic acids is 1. The van der Waals surface area contributed by atoms with Crippen LogP contribution in [0.15, 0.2) is 18.2 Å². The fraction of sp³-hybridized carbons (Fsp3) is 0.611. The van der Waals surface area contributed by atoms with Crippen molar-refractivity contribution in [2.45, 2.75) is 50.6 Å². The lowest BCUT2D eigenvalue weighted by atomic mass is 9.93. The highest BCUT2D eigenvalue weighted by Crippen LogP contribution is 2.29. The molecule has 1 N–H and O–H groups in total. The Bertz CT molecular complexity index is 764. The van der Waals surface area contributed by atoms with E-state index in [1.54, 1.807) is 18.2 Å². The Labute approximate surface area is 165 Å². The molecule has 3 rings (SSSR count). The minimum absolute atomic E-state index is 0.0648. The van der Waals surface area contributed by atoms with E-state index in [-0.39, 0.29) is 36.0 Å². The molecule has 1 atom stereocenters. The standard InChI is InChI=1S/C18H24Cl2N2O3S/c19-13-6-7-17(16(20)10-13)21-11-18(23)22(14-4-2-1-3-5-14)15-8-9-26(24,25)12-15/h6-7,10,14-15,21H,1-5,8-9,11-12H2. The molecule has 0 aromatic heterocycles. The molecular formula is C18H24Cl2N2O3S. The van der Waals surface area contributed by atoms with Crippen molar-refractivity contribution in [2.24, 2.45) is 0 Å². The van der Waals surface area contributed by atoms with Crippen molar-refractivity contribution in [1.82, 2.24) is 4.90 Å². The van der Waals surface area contributed by atoms with Gasteiger partial charge in [0.05, 0.1) is 28.8 Å². The van der Waals surface area contributed by atoms with Gasteiger partial charge in [-0.1, -0.05) is 42.5 Å². The smallest absolute Gasteiger partial charge is 0.242 e. The van der Waals surface area contributed by atoms with Gasteiger partial charge in [0, 0.05) is 17.1 Å². The van der Waals surface area contributed by atoms with E-state index >= 15 is 0 Å². The van der Waals surface area contributed by atoms with Gasteiger partial charge in [-0.2, -0.15) is 0 Å². The minimum atomic E-state index is -3.04. The molecule has 1 aliphatic heterocycles. The number of halogens is 2. The lowest BCUT2D eigenvalue weighted by Crippen LogP contribution is -2.50. The molecular weight excluding hydrogens is 395 g/mol. The van der Waals surface area contributed by atoms with Crippen molar-refractivity contribution in [3.05, 3.63) is 28.2 Å². The number of carbonyl (C=O) groups is 1. The number of hydrogen-bond acceptors (Lipinski definition) is 4. The summed E-state index contributed by atoms with van der Waals surface area (Å²) in [6, 6.07) is 5.00. The van der Waals surface area contributed by atoms with Crippen LogP contribution in [0.25, 0.3) is 0 Å². The summed E-state index contributed by atoms with van der Waals surface area (Å²) in [5.74, 6) is 0.187. The summed E-state index contributed by atoms with van der Waals surface area (Å²) in [5, 5.41) is 4.06. The van der Waals surface area contributed by atoms with Crippen LogP contribution in [0.1, 0.15) is 38.5 Å². The van der Waals surface area contributed by atoms with E-state index in [9.17, 15) is 13.2 Å². The highest BCUT2D eigenvalue weighted by Gasteiger charge is 2.38.